The van der Waals surface area contributed by atoms with E-state index >= 15 is 0 Å². The lowest BCUT2D eigenvalue weighted by molar-refractivity contribution is -0.141. The van der Waals surface area contributed by atoms with Crippen LogP contribution in [0.5, 0.6) is 0 Å². The van der Waals surface area contributed by atoms with Crippen molar-refractivity contribution in [2.24, 2.45) is 5.41 Å². The number of hydrogen-bond acceptors (Lipinski definition) is 9. The topological polar surface area (TPSA) is 161 Å². The molecule has 13 heteroatoms. The smallest absolute Gasteiger partial charge is 0.245 e. The van der Waals surface area contributed by atoms with Gasteiger partial charge in [0.05, 0.1) is 22.2 Å². The molecule has 3 aromatic rings. The standard InChI is InChI=1S/C30H41N5O6S2/c1-18-25(42-17-32-18)20-10-8-19(9-11-20)14-31-27(37)23-13-22(36)15-35(23)28(38)26(30(5,6)7)34-43(39,40)16-21-12-24(41-33-21)29(2,3)4/h8-12,17,22-23,26,36H,13-16H2,1-7H3,(H2-,31,34,37,39,40)/t22-,23+,26-/m1/s1. The Morgan fingerprint density at radius 2 is 1.88 bits per heavy atom. The van der Waals surface area contributed by atoms with E-state index < -0.39 is 51.6 Å². The molecule has 4 atom stereocenters. The van der Waals surface area contributed by atoms with Crippen LogP contribution in [0.4, 0.5) is 0 Å². The number of carbonyl (C=O) groups is 2. The summed E-state index contributed by atoms with van der Waals surface area (Å²) in [5.41, 5.74) is 3.72. The fourth-order valence-corrected chi connectivity index (χ4v) is 7.11. The molecule has 0 aliphatic carbocycles. The van der Waals surface area contributed by atoms with Crippen molar-refractivity contribution < 1.29 is 28.0 Å². The normalized spacial score (nSPS) is 19.7. The van der Waals surface area contributed by atoms with Crippen LogP contribution in [0.1, 0.15) is 70.7 Å². The molecule has 1 saturated heterocycles. The van der Waals surface area contributed by atoms with E-state index in [2.05, 4.69) is 20.2 Å². The largest absolute Gasteiger partial charge is 0.597 e. The Hall–Kier alpha value is -2.97. The second-order valence-electron chi connectivity index (χ2n) is 13.2. The minimum atomic E-state index is -4.03. The summed E-state index contributed by atoms with van der Waals surface area (Å²) in [5, 5.41) is 17.2. The van der Waals surface area contributed by atoms with Crippen molar-refractivity contribution in [2.45, 2.75) is 90.8 Å². The van der Waals surface area contributed by atoms with Gasteiger partial charge in [0, 0.05) is 31.0 Å². The van der Waals surface area contributed by atoms with Crippen LogP contribution in [0.3, 0.4) is 0 Å². The third-order valence-corrected chi connectivity index (χ3v) is 9.59. The number of likely N-dealkylation sites (tertiary alicyclic amines) is 1. The average Bonchev–Trinajstić information content (AvgIpc) is 3.65. The van der Waals surface area contributed by atoms with Crippen molar-refractivity contribution in [2.75, 3.05) is 6.54 Å². The van der Waals surface area contributed by atoms with Crippen LogP contribution in [0.2, 0.25) is 0 Å². The number of rotatable bonds is 9. The fraction of sp³-hybridized carbons (Fsp3) is 0.533. The van der Waals surface area contributed by atoms with Gasteiger partial charge in [-0.25, -0.2) is 4.98 Å². The van der Waals surface area contributed by atoms with E-state index in [9.17, 15) is 23.5 Å². The summed E-state index contributed by atoms with van der Waals surface area (Å²) >= 11 is 1.56. The lowest BCUT2D eigenvalue weighted by Crippen LogP contribution is -2.58. The van der Waals surface area contributed by atoms with Crippen molar-refractivity contribution in [3.63, 3.8) is 0 Å². The molecule has 1 aromatic carbocycles. The van der Waals surface area contributed by atoms with E-state index in [1.807, 2.05) is 52.0 Å². The molecular formula is C30H41N5O6S2. The second kappa shape index (κ2) is 12.6. The number of amides is 2. The highest BCUT2D eigenvalue weighted by Gasteiger charge is 2.46. The van der Waals surface area contributed by atoms with Crippen LogP contribution in [-0.4, -0.2) is 61.2 Å². The first-order valence-corrected chi connectivity index (χ1v) is 16.7. The molecule has 0 bridgehead atoms. The number of β-amino-alcohol motifs (C(OH)–C–C–N with tert-alkyl or cyclic N) is 1. The van der Waals surface area contributed by atoms with Crippen LogP contribution in [0, 0.1) is 12.3 Å². The molecule has 1 unspecified atom stereocenters. The van der Waals surface area contributed by atoms with Gasteiger partial charge in [0.25, 0.3) is 0 Å². The fourth-order valence-electron chi connectivity index (χ4n) is 4.88. The molecular weight excluding hydrogens is 590 g/mol. The van der Waals surface area contributed by atoms with Crippen LogP contribution >= 0.6 is 11.3 Å². The van der Waals surface area contributed by atoms with Gasteiger partial charge in [-0.1, -0.05) is 75.2 Å². The van der Waals surface area contributed by atoms with E-state index in [-0.39, 0.29) is 30.6 Å². The highest BCUT2D eigenvalue weighted by Crippen LogP contribution is 2.30. The molecule has 43 heavy (non-hydrogen) atoms. The van der Waals surface area contributed by atoms with Crippen molar-refractivity contribution in [1.29, 1.82) is 0 Å². The van der Waals surface area contributed by atoms with Gasteiger partial charge in [-0.05, 0) is 23.5 Å². The number of nitrogens with one attached hydrogen (secondary N) is 2. The van der Waals surface area contributed by atoms with E-state index in [0.717, 1.165) is 21.7 Å². The molecule has 1 aliphatic rings. The molecule has 0 radical (unpaired) electrons. The quantitative estimate of drug-likeness (QED) is 0.301. The van der Waals surface area contributed by atoms with Crippen molar-refractivity contribution >= 4 is 33.6 Å². The summed E-state index contributed by atoms with van der Waals surface area (Å²) in [6, 6.07) is 7.25. The van der Waals surface area contributed by atoms with E-state index in [1.165, 1.54) is 4.90 Å². The Balaban J connectivity index is 1.44. The highest BCUT2D eigenvalue weighted by molar-refractivity contribution is 7.95. The predicted octanol–water partition coefficient (Wildman–Crippen LogP) is 3.73. The zero-order chi connectivity index (χ0) is 31.7. The molecule has 2 amide bonds. The number of aryl methyl sites for hydroxylation is 1. The van der Waals surface area contributed by atoms with Gasteiger partial charge in [0.2, 0.25) is 11.8 Å². The number of aromatic nitrogens is 2. The maximum absolute atomic E-state index is 13.8. The second-order valence-corrected chi connectivity index (χ2v) is 15.8. The third-order valence-electron chi connectivity index (χ3n) is 7.34. The number of thiazole rings is 1. The first-order chi connectivity index (χ1) is 19.9. The molecule has 234 valence electrons. The van der Waals surface area contributed by atoms with Crippen molar-refractivity contribution in [1.82, 2.24) is 25.1 Å². The molecule has 1 aliphatic heterocycles. The molecule has 0 saturated carbocycles. The lowest BCUT2D eigenvalue weighted by Gasteiger charge is -2.35. The Morgan fingerprint density at radius 1 is 1.21 bits per heavy atom. The van der Waals surface area contributed by atoms with Crippen LogP contribution < -0.4 is 10.0 Å². The number of aliphatic hydroxyl groups excluding tert-OH is 1. The number of hydrogen-bond donors (Lipinski definition) is 3. The number of sulfonamides is 1. The molecule has 11 nitrogen and oxygen atoms in total. The van der Waals surface area contributed by atoms with Gasteiger partial charge in [-0.15, -0.1) is 16.1 Å². The molecule has 3 heterocycles. The van der Waals surface area contributed by atoms with E-state index in [4.69, 9.17) is 4.52 Å². The molecule has 2 aromatic heterocycles. The summed E-state index contributed by atoms with van der Waals surface area (Å²) in [7, 11) is -4.03. The van der Waals surface area contributed by atoms with Gasteiger partial charge in [-0.3, -0.25) is 9.59 Å². The Bertz CT molecular complexity index is 1490. The number of nitrogens with zero attached hydrogens (tertiary/aromatic N) is 3. The molecule has 3 N–H and O–H groups in total. The summed E-state index contributed by atoms with van der Waals surface area (Å²) in [4.78, 5) is 33.8. The van der Waals surface area contributed by atoms with Gasteiger partial charge in [0.1, 0.15) is 33.9 Å². The van der Waals surface area contributed by atoms with Crippen LogP contribution in [-0.2, 0) is 41.9 Å². The highest BCUT2D eigenvalue weighted by atomic mass is 32.3. The Kier molecular flexibility index (Phi) is 9.62. The zero-order valence-electron chi connectivity index (χ0n) is 25.7. The summed E-state index contributed by atoms with van der Waals surface area (Å²) in [6.45, 7) is 13.1. The number of carbonyl (C=O) groups excluding carboxylic acids is 2. The molecule has 0 spiro atoms. The van der Waals surface area contributed by atoms with Gasteiger partial charge in [-0.2, -0.15) is 0 Å². The molecule has 1 fully saturated rings. The summed E-state index contributed by atoms with van der Waals surface area (Å²) in [5.74, 6) is -0.917. The first-order valence-electron chi connectivity index (χ1n) is 14.2. The predicted molar refractivity (Wildman–Crippen MR) is 164 cm³/mol. The van der Waals surface area contributed by atoms with Gasteiger partial charge < -0.3 is 24.4 Å². The maximum Gasteiger partial charge on any atom is 0.245 e. The average molecular weight is 632 g/mol. The zero-order valence-corrected chi connectivity index (χ0v) is 27.3. The van der Waals surface area contributed by atoms with Crippen molar-refractivity contribution in [3.8, 4) is 10.4 Å². The van der Waals surface area contributed by atoms with Crippen LogP contribution in [0.15, 0.2) is 40.4 Å². The Labute approximate surface area is 257 Å². The van der Waals surface area contributed by atoms with Gasteiger partial charge >= 0.3 is 0 Å². The lowest BCUT2D eigenvalue weighted by atomic mass is 9.86. The minimum Gasteiger partial charge on any atom is -0.597 e. The Morgan fingerprint density at radius 3 is 2.44 bits per heavy atom. The van der Waals surface area contributed by atoms with Crippen molar-refractivity contribution in [3.05, 3.63) is 58.6 Å². The minimum absolute atomic E-state index is 0.0549. The first kappa shape index (κ1) is 32.9. The summed E-state index contributed by atoms with van der Waals surface area (Å²) < 4.78 is 34.3. The molecule has 4 rings (SSSR count). The van der Waals surface area contributed by atoms with E-state index in [0.29, 0.717) is 5.76 Å². The maximum atomic E-state index is 13.8. The number of benzene rings is 1. The number of aliphatic hydroxyl groups is 1. The van der Waals surface area contributed by atoms with Gasteiger partial charge in [0.15, 0.2) is 5.75 Å². The SMILES string of the molecule is Cc1ncsc1-c1ccc(CNC(=O)[C@@H]2C[C@@H](O)CN2C(=O)[C@@H](N[S+](=O)([O-])Cc2cc(C(C)(C)C)on2)C(C)(C)C)cc1. The monoisotopic (exact) mass is 631 g/mol. The van der Waals surface area contributed by atoms with Crippen LogP contribution in [0.25, 0.3) is 10.4 Å². The third kappa shape index (κ3) is 8.15. The summed E-state index contributed by atoms with van der Waals surface area (Å²) in [6.07, 6.45) is -0.857. The van der Waals surface area contributed by atoms with E-state index in [1.54, 1.807) is 43.7 Å².